The zero-order chi connectivity index (χ0) is 16.5. The van der Waals surface area contributed by atoms with Gasteiger partial charge in [-0.25, -0.2) is 9.37 Å². The molecule has 0 saturated heterocycles. The Balaban J connectivity index is 1.75. The molecular formula is C17H21FN4O. The van der Waals surface area contributed by atoms with Crippen LogP contribution < -0.4 is 15.4 Å². The maximum atomic E-state index is 12.8. The Morgan fingerprint density at radius 2 is 1.87 bits per heavy atom. The molecule has 1 aromatic carbocycles. The fourth-order valence-electron chi connectivity index (χ4n) is 2.02. The minimum absolute atomic E-state index is 0.215. The highest BCUT2D eigenvalue weighted by Gasteiger charge is 2.00. The molecule has 0 radical (unpaired) electrons. The average Bonchev–Trinajstić information content (AvgIpc) is 2.60. The van der Waals surface area contributed by atoms with E-state index in [4.69, 9.17) is 4.74 Å². The van der Waals surface area contributed by atoms with Crippen LogP contribution >= 0.6 is 0 Å². The number of nitrogens with zero attached hydrogens (tertiary/aromatic N) is 2. The molecule has 6 heteroatoms. The number of hydrogen-bond acceptors (Lipinski definition) is 3. The Morgan fingerprint density at radius 3 is 2.48 bits per heavy atom. The van der Waals surface area contributed by atoms with Gasteiger partial charge in [0, 0.05) is 32.4 Å². The first kappa shape index (κ1) is 16.7. The summed E-state index contributed by atoms with van der Waals surface area (Å²) in [5, 5.41) is 6.44. The molecule has 0 aliphatic rings. The van der Waals surface area contributed by atoms with Crippen LogP contribution in [0, 0.1) is 5.82 Å². The Bertz CT molecular complexity index is 626. The van der Waals surface area contributed by atoms with Crippen molar-refractivity contribution in [3.8, 4) is 5.88 Å². The zero-order valence-electron chi connectivity index (χ0n) is 13.3. The smallest absolute Gasteiger partial charge is 0.212 e. The van der Waals surface area contributed by atoms with Crippen molar-refractivity contribution in [3.05, 3.63) is 59.5 Å². The van der Waals surface area contributed by atoms with Crippen molar-refractivity contribution in [2.75, 3.05) is 20.7 Å². The normalized spacial score (nSPS) is 11.2. The number of aliphatic imine (C=N–C) groups is 1. The summed E-state index contributed by atoms with van der Waals surface area (Å²) in [7, 11) is 3.31. The molecule has 0 amide bonds. The number of pyridine rings is 1. The van der Waals surface area contributed by atoms with Gasteiger partial charge in [-0.15, -0.1) is 0 Å². The van der Waals surface area contributed by atoms with Crippen LogP contribution in [0.1, 0.15) is 11.1 Å². The molecule has 2 aromatic rings. The summed E-state index contributed by atoms with van der Waals surface area (Å²) >= 11 is 0. The summed E-state index contributed by atoms with van der Waals surface area (Å²) < 4.78 is 17.9. The van der Waals surface area contributed by atoms with Gasteiger partial charge in [-0.2, -0.15) is 0 Å². The number of guanidine groups is 1. The van der Waals surface area contributed by atoms with Crippen molar-refractivity contribution >= 4 is 5.96 Å². The number of methoxy groups -OCH3 is 1. The van der Waals surface area contributed by atoms with E-state index < -0.39 is 0 Å². The standard InChI is InChI=1S/C17H21FN4O/c1-19-17(20-10-9-13-3-6-15(18)7-4-13)22-12-14-5-8-16(23-2)21-11-14/h3-8,11H,9-10,12H2,1-2H3,(H2,19,20,22). The van der Waals surface area contributed by atoms with Gasteiger partial charge in [0.05, 0.1) is 7.11 Å². The van der Waals surface area contributed by atoms with Crippen LogP contribution in [0.5, 0.6) is 5.88 Å². The van der Waals surface area contributed by atoms with E-state index in [2.05, 4.69) is 20.6 Å². The predicted octanol–water partition coefficient (Wildman–Crippen LogP) is 2.14. The molecule has 0 saturated carbocycles. The van der Waals surface area contributed by atoms with Crippen molar-refractivity contribution < 1.29 is 9.13 Å². The fourth-order valence-corrected chi connectivity index (χ4v) is 2.02. The molecule has 2 rings (SSSR count). The molecule has 2 N–H and O–H groups in total. The molecule has 0 fully saturated rings. The minimum atomic E-state index is -0.215. The number of ether oxygens (including phenoxy) is 1. The molecule has 0 unspecified atom stereocenters. The fraction of sp³-hybridized carbons (Fsp3) is 0.294. The number of nitrogens with one attached hydrogen (secondary N) is 2. The molecule has 0 bridgehead atoms. The second-order valence-electron chi connectivity index (χ2n) is 4.94. The summed E-state index contributed by atoms with van der Waals surface area (Å²) in [6, 6.07) is 10.3. The van der Waals surface area contributed by atoms with Crippen molar-refractivity contribution in [1.29, 1.82) is 0 Å². The van der Waals surface area contributed by atoms with E-state index in [1.165, 1.54) is 12.1 Å². The van der Waals surface area contributed by atoms with Crippen LogP contribution in [0.2, 0.25) is 0 Å². The molecule has 0 spiro atoms. The molecule has 122 valence electrons. The largest absolute Gasteiger partial charge is 0.481 e. The SMILES string of the molecule is CN=C(NCCc1ccc(F)cc1)NCc1ccc(OC)nc1. The molecule has 5 nitrogen and oxygen atoms in total. The molecule has 0 aliphatic heterocycles. The topological polar surface area (TPSA) is 58.5 Å². The first-order chi connectivity index (χ1) is 11.2. The summed E-state index contributed by atoms with van der Waals surface area (Å²) in [6.07, 6.45) is 2.56. The first-order valence-electron chi connectivity index (χ1n) is 7.39. The Morgan fingerprint density at radius 1 is 1.13 bits per heavy atom. The van der Waals surface area contributed by atoms with Gasteiger partial charge in [0.25, 0.3) is 0 Å². The highest BCUT2D eigenvalue weighted by Crippen LogP contribution is 2.06. The van der Waals surface area contributed by atoms with Gasteiger partial charge in [0.2, 0.25) is 5.88 Å². The van der Waals surface area contributed by atoms with E-state index in [1.807, 2.05) is 12.1 Å². The van der Waals surface area contributed by atoms with Gasteiger partial charge in [-0.1, -0.05) is 18.2 Å². The highest BCUT2D eigenvalue weighted by molar-refractivity contribution is 5.79. The van der Waals surface area contributed by atoms with Crippen LogP contribution in [0.25, 0.3) is 0 Å². The molecular weight excluding hydrogens is 295 g/mol. The van der Waals surface area contributed by atoms with Gasteiger partial charge in [-0.05, 0) is 29.7 Å². The number of aromatic nitrogens is 1. The average molecular weight is 316 g/mol. The number of benzene rings is 1. The van der Waals surface area contributed by atoms with Crippen LogP contribution in [-0.2, 0) is 13.0 Å². The quantitative estimate of drug-likeness (QED) is 0.633. The molecule has 1 aromatic heterocycles. The predicted molar refractivity (Wildman–Crippen MR) is 89.1 cm³/mol. The van der Waals surface area contributed by atoms with Gasteiger partial charge in [0.1, 0.15) is 5.82 Å². The van der Waals surface area contributed by atoms with Crippen molar-refractivity contribution in [3.63, 3.8) is 0 Å². The zero-order valence-corrected chi connectivity index (χ0v) is 13.3. The van der Waals surface area contributed by atoms with Crippen LogP contribution in [0.3, 0.4) is 0 Å². The second-order valence-corrected chi connectivity index (χ2v) is 4.94. The van der Waals surface area contributed by atoms with Crippen molar-refractivity contribution in [1.82, 2.24) is 15.6 Å². The second kappa shape index (κ2) is 8.73. The van der Waals surface area contributed by atoms with E-state index in [0.717, 1.165) is 17.5 Å². The summed E-state index contributed by atoms with van der Waals surface area (Å²) in [6.45, 7) is 1.33. The van der Waals surface area contributed by atoms with Crippen LogP contribution in [0.15, 0.2) is 47.6 Å². The lowest BCUT2D eigenvalue weighted by molar-refractivity contribution is 0.397. The number of hydrogen-bond donors (Lipinski definition) is 2. The Kier molecular flexibility index (Phi) is 6.35. The number of rotatable bonds is 6. The third-order valence-corrected chi connectivity index (χ3v) is 3.31. The Hall–Kier alpha value is -2.63. The lowest BCUT2D eigenvalue weighted by atomic mass is 10.1. The third kappa shape index (κ3) is 5.58. The summed E-state index contributed by atoms with van der Waals surface area (Å²) in [5.74, 6) is 1.09. The first-order valence-corrected chi connectivity index (χ1v) is 7.39. The van der Waals surface area contributed by atoms with Gasteiger partial charge >= 0.3 is 0 Å². The van der Waals surface area contributed by atoms with E-state index in [1.54, 1.807) is 32.5 Å². The molecule has 1 heterocycles. The van der Waals surface area contributed by atoms with Gasteiger partial charge in [0.15, 0.2) is 5.96 Å². The van der Waals surface area contributed by atoms with E-state index in [0.29, 0.717) is 24.9 Å². The van der Waals surface area contributed by atoms with Gasteiger partial charge < -0.3 is 15.4 Å². The molecule has 23 heavy (non-hydrogen) atoms. The van der Waals surface area contributed by atoms with Gasteiger partial charge in [-0.3, -0.25) is 4.99 Å². The van der Waals surface area contributed by atoms with Crippen LogP contribution in [0.4, 0.5) is 4.39 Å². The summed E-state index contributed by atoms with van der Waals surface area (Å²) in [5.41, 5.74) is 2.11. The van der Waals surface area contributed by atoms with E-state index in [-0.39, 0.29) is 5.82 Å². The van der Waals surface area contributed by atoms with Crippen molar-refractivity contribution in [2.24, 2.45) is 4.99 Å². The number of halogens is 1. The van der Waals surface area contributed by atoms with Crippen LogP contribution in [-0.4, -0.2) is 31.6 Å². The maximum absolute atomic E-state index is 12.8. The van der Waals surface area contributed by atoms with Crippen molar-refractivity contribution in [2.45, 2.75) is 13.0 Å². The summed E-state index contributed by atoms with van der Waals surface area (Å²) in [4.78, 5) is 8.33. The van der Waals surface area contributed by atoms with E-state index >= 15 is 0 Å². The maximum Gasteiger partial charge on any atom is 0.212 e. The molecule has 0 atom stereocenters. The highest BCUT2D eigenvalue weighted by atomic mass is 19.1. The molecule has 0 aliphatic carbocycles. The lowest BCUT2D eigenvalue weighted by Gasteiger charge is -2.12. The Labute approximate surface area is 135 Å². The third-order valence-electron chi connectivity index (χ3n) is 3.31. The minimum Gasteiger partial charge on any atom is -0.481 e. The monoisotopic (exact) mass is 316 g/mol. The lowest BCUT2D eigenvalue weighted by Crippen LogP contribution is -2.37. The van der Waals surface area contributed by atoms with E-state index in [9.17, 15) is 4.39 Å².